The Bertz CT molecular complexity index is 1100. The zero-order chi connectivity index (χ0) is 27.3. The smallest absolute Gasteiger partial charge is 0.383 e. The topological polar surface area (TPSA) is 27.7 Å². The van der Waals surface area contributed by atoms with Gasteiger partial charge in [-0.05, 0) is 54.7 Å². The van der Waals surface area contributed by atoms with Gasteiger partial charge in [-0.15, -0.1) is 0 Å². The molecule has 0 aliphatic heterocycles. The third kappa shape index (κ3) is 6.73. The molecule has 0 fully saturated rings. The van der Waals surface area contributed by atoms with E-state index in [0.717, 1.165) is 0 Å². The summed E-state index contributed by atoms with van der Waals surface area (Å²) in [6.07, 6.45) is 0. The Balaban J connectivity index is 2.49. The predicted octanol–water partition coefficient (Wildman–Crippen LogP) is 4.98. The largest absolute Gasteiger partial charge is 0.516 e. The monoisotopic (exact) mass is 580 g/mol. The first-order valence-electron chi connectivity index (χ1n) is 10.1. The minimum atomic E-state index is -3.52. The van der Waals surface area contributed by atoms with E-state index in [4.69, 9.17) is 12.7 Å². The van der Waals surface area contributed by atoms with Crippen LogP contribution in [-0.4, -0.2) is 40.7 Å². The molecule has 0 saturated heterocycles. The summed E-state index contributed by atoms with van der Waals surface area (Å²) in [6.45, 7) is 11.7. The van der Waals surface area contributed by atoms with E-state index in [1.807, 2.05) is 19.6 Å². The first kappa shape index (κ1) is 29.9. The van der Waals surface area contributed by atoms with Crippen LogP contribution < -0.4 is 13.3 Å². The molecular weight excluding hydrogens is 558 g/mol. The van der Waals surface area contributed by atoms with E-state index in [2.05, 4.69) is 0 Å². The van der Waals surface area contributed by atoms with Crippen LogP contribution in [0, 0.1) is 52.4 Å². The molecule has 0 aliphatic carbocycles. The molecule has 0 unspecified atom stereocenters. The standard InChI is InChI=1S/C13H21F4O3Si3.C6F5.Al.H/c1-21(2,3)19-23(6,7)20-22(4,5)18-13-11(16)9(14)8-10(15)12(13)17;7-2-1-3(8)5(10)6(11)4(2)9;;/h1-7H3;;;. The molecule has 2 aromatic rings. The molecule has 0 aliphatic rings. The lowest BCUT2D eigenvalue weighted by molar-refractivity contribution is 0.311. The van der Waals surface area contributed by atoms with Crippen LogP contribution in [-0.2, 0) is 8.23 Å². The first-order valence-corrected chi connectivity index (χ1v) is 20.6. The summed E-state index contributed by atoms with van der Waals surface area (Å²) in [4.78, 5) is 0. The van der Waals surface area contributed by atoms with Crippen molar-refractivity contribution >= 4 is 49.5 Å². The summed E-state index contributed by atoms with van der Waals surface area (Å²) in [5.74, 6) is -21.4. The molecule has 35 heavy (non-hydrogen) atoms. The van der Waals surface area contributed by atoms with Gasteiger partial charge < -0.3 is 12.7 Å². The van der Waals surface area contributed by atoms with Crippen LogP contribution in [0.5, 0.6) is 5.75 Å². The lowest BCUT2D eigenvalue weighted by Gasteiger charge is -2.36. The van der Waals surface area contributed by atoms with Crippen molar-refractivity contribution in [1.82, 2.24) is 0 Å². The van der Waals surface area contributed by atoms with Crippen molar-refractivity contribution < 1.29 is 52.2 Å². The van der Waals surface area contributed by atoms with Gasteiger partial charge in [-0.1, -0.05) is 0 Å². The molecule has 0 amide bonds. The second-order valence-electron chi connectivity index (χ2n) is 9.51. The highest BCUT2D eigenvalue weighted by molar-refractivity contribution is 6.86. The summed E-state index contributed by atoms with van der Waals surface area (Å²) in [7, 11) is -8.50. The molecular formula is C19H22AlF9O3Si3. The number of halogens is 9. The third-order valence-corrected chi connectivity index (χ3v) is 15.4. The Hall–Kier alpha value is -1.29. The zero-order valence-corrected chi connectivity index (χ0v) is 24.2. The lowest BCUT2D eigenvalue weighted by Crippen LogP contribution is -2.54. The van der Waals surface area contributed by atoms with Gasteiger partial charge >= 0.3 is 32.3 Å². The van der Waals surface area contributed by atoms with Crippen molar-refractivity contribution in [3.05, 3.63) is 52.4 Å². The van der Waals surface area contributed by atoms with Crippen LogP contribution in [0.2, 0.25) is 45.8 Å². The van der Waals surface area contributed by atoms with Crippen LogP contribution in [0.4, 0.5) is 39.5 Å². The van der Waals surface area contributed by atoms with Crippen LogP contribution in [0.25, 0.3) is 0 Å². The fourth-order valence-corrected chi connectivity index (χ4v) is 17.1. The van der Waals surface area contributed by atoms with Crippen LogP contribution in [0.3, 0.4) is 0 Å². The molecule has 16 heteroatoms. The van der Waals surface area contributed by atoms with E-state index in [-0.39, 0.29) is 0 Å². The molecule has 0 heterocycles. The van der Waals surface area contributed by atoms with Gasteiger partial charge in [0.25, 0.3) is 0 Å². The maximum Gasteiger partial charge on any atom is 0.383 e. The van der Waals surface area contributed by atoms with E-state index in [1.54, 1.807) is 13.1 Å². The zero-order valence-electron chi connectivity index (χ0n) is 19.8. The normalized spacial score (nSPS) is 12.8. The molecule has 0 aromatic heterocycles. The average Bonchev–Trinajstić information content (AvgIpc) is 2.69. The number of rotatable bonds is 8. The minimum Gasteiger partial charge on any atom is -0.516 e. The van der Waals surface area contributed by atoms with Gasteiger partial charge in [0.2, 0.25) is 11.6 Å². The Morgan fingerprint density at radius 2 is 0.800 bits per heavy atom. The number of hydrogen-bond acceptors (Lipinski definition) is 3. The maximum absolute atomic E-state index is 14.7. The first-order chi connectivity index (χ1) is 15.7. The molecule has 194 valence electrons. The van der Waals surface area contributed by atoms with Gasteiger partial charge in [-0.2, -0.15) is 8.78 Å². The summed E-state index contributed by atoms with van der Waals surface area (Å²) < 4.78 is 141. The van der Waals surface area contributed by atoms with E-state index < -0.39 is 108 Å². The SMILES string of the molecule is C[Si](C)(C)O[Si](C)(C)O[Si](C)(C)Oc1c(F)c(F)[c]([AlH][c]2c(F)c(F)c(F)c(F)c2F)c(F)c1F. The molecule has 0 spiro atoms. The summed E-state index contributed by atoms with van der Waals surface area (Å²) >= 11 is -3.27. The van der Waals surface area contributed by atoms with Crippen LogP contribution >= 0.6 is 0 Å². The fourth-order valence-electron chi connectivity index (χ4n) is 3.50. The molecule has 2 rings (SSSR count). The van der Waals surface area contributed by atoms with Crippen molar-refractivity contribution in [1.29, 1.82) is 0 Å². The Morgan fingerprint density at radius 1 is 0.457 bits per heavy atom. The summed E-state index contributed by atoms with van der Waals surface area (Å²) in [6, 6.07) is 0. The predicted molar refractivity (Wildman–Crippen MR) is 120 cm³/mol. The molecule has 3 nitrogen and oxygen atoms in total. The van der Waals surface area contributed by atoms with Crippen LogP contribution in [0.1, 0.15) is 0 Å². The van der Waals surface area contributed by atoms with Gasteiger partial charge in [-0.3, -0.25) is 0 Å². The van der Waals surface area contributed by atoms with Gasteiger partial charge in [0, 0.05) is 0 Å². The van der Waals surface area contributed by atoms with E-state index in [0.29, 0.717) is 0 Å². The summed E-state index contributed by atoms with van der Waals surface area (Å²) in [5.41, 5.74) is 0. The maximum atomic E-state index is 14.7. The molecule has 0 N–H and O–H groups in total. The molecule has 0 bridgehead atoms. The van der Waals surface area contributed by atoms with Crippen LogP contribution in [0.15, 0.2) is 0 Å². The number of hydrogen-bond donors (Lipinski definition) is 0. The quantitative estimate of drug-likeness (QED) is 0.191. The summed E-state index contributed by atoms with van der Waals surface area (Å²) in [5, 5.41) is 0. The minimum absolute atomic E-state index is 1.36. The molecule has 0 radical (unpaired) electrons. The van der Waals surface area contributed by atoms with Crippen molar-refractivity contribution in [2.75, 3.05) is 0 Å². The average molecular weight is 581 g/mol. The van der Waals surface area contributed by atoms with Gasteiger partial charge in [0.05, 0.1) is 0 Å². The Kier molecular flexibility index (Phi) is 8.75. The third-order valence-electron chi connectivity index (χ3n) is 4.36. The van der Waals surface area contributed by atoms with E-state index >= 15 is 0 Å². The van der Waals surface area contributed by atoms with Crippen molar-refractivity contribution in [2.45, 2.75) is 45.8 Å². The van der Waals surface area contributed by atoms with Crippen molar-refractivity contribution in [3.8, 4) is 5.75 Å². The van der Waals surface area contributed by atoms with Gasteiger partial charge in [-0.25, -0.2) is 30.7 Å². The highest BCUT2D eigenvalue weighted by atomic mass is 28.5. The molecule has 0 saturated carbocycles. The van der Waals surface area contributed by atoms with Crippen molar-refractivity contribution in [2.24, 2.45) is 0 Å². The highest BCUT2D eigenvalue weighted by Crippen LogP contribution is 2.30. The Morgan fingerprint density at radius 3 is 1.17 bits per heavy atom. The fraction of sp³-hybridized carbons (Fsp3) is 0.368. The number of benzene rings is 2. The second kappa shape index (κ2) is 10.2. The van der Waals surface area contributed by atoms with Crippen molar-refractivity contribution in [3.63, 3.8) is 0 Å². The second-order valence-corrected chi connectivity index (χ2v) is 22.9. The highest BCUT2D eigenvalue weighted by Gasteiger charge is 2.42. The lowest BCUT2D eigenvalue weighted by atomic mass is 10.3. The van der Waals surface area contributed by atoms with Gasteiger partial charge in [0.1, 0.15) is 0 Å². The molecule has 0 atom stereocenters. The van der Waals surface area contributed by atoms with Gasteiger partial charge in [0.15, 0.2) is 54.8 Å². The van der Waals surface area contributed by atoms with E-state index in [1.165, 1.54) is 13.1 Å². The Labute approximate surface area is 205 Å². The van der Waals surface area contributed by atoms with E-state index in [9.17, 15) is 39.5 Å². The molecule has 2 aromatic carbocycles.